The van der Waals surface area contributed by atoms with E-state index in [1.807, 2.05) is 6.07 Å². The summed E-state index contributed by atoms with van der Waals surface area (Å²) in [6.07, 6.45) is -0.0921. The third-order valence-electron chi connectivity index (χ3n) is 5.24. The van der Waals surface area contributed by atoms with Gasteiger partial charge in [0.15, 0.2) is 0 Å². The normalized spacial score (nSPS) is 10.9. The topological polar surface area (TPSA) is 102 Å². The molecule has 2 aromatic carbocycles. The highest BCUT2D eigenvalue weighted by Gasteiger charge is 2.17. The number of halogens is 2. The number of aromatic nitrogens is 2. The summed E-state index contributed by atoms with van der Waals surface area (Å²) < 4.78 is 2.55. The Kier molecular flexibility index (Phi) is 7.70. The Bertz CT molecular complexity index is 1530. The Labute approximate surface area is 213 Å². The van der Waals surface area contributed by atoms with E-state index in [1.165, 1.54) is 15.9 Å². The summed E-state index contributed by atoms with van der Waals surface area (Å²) in [5, 5.41) is 8.11. The van der Waals surface area contributed by atoms with Crippen molar-refractivity contribution in [1.29, 1.82) is 0 Å². The van der Waals surface area contributed by atoms with Crippen molar-refractivity contribution in [2.45, 2.75) is 26.1 Å². The number of hydrogen-bond donors (Lipinski definition) is 2. The Balaban J connectivity index is 1.51. The van der Waals surface area contributed by atoms with E-state index in [0.29, 0.717) is 25.9 Å². The number of nitrogens with one attached hydrogen (secondary N) is 2. The van der Waals surface area contributed by atoms with Crippen molar-refractivity contribution < 1.29 is 9.59 Å². The number of carbonyl (C=O) groups excluding carboxylic acids is 2. The van der Waals surface area contributed by atoms with Crippen LogP contribution < -0.4 is 21.9 Å². The lowest BCUT2D eigenvalue weighted by Crippen LogP contribution is -2.42. The van der Waals surface area contributed by atoms with E-state index in [9.17, 15) is 19.2 Å². The molecule has 0 aliphatic heterocycles. The van der Waals surface area contributed by atoms with Crippen LogP contribution in [0.25, 0.3) is 10.2 Å². The molecule has 0 radical (unpaired) electrons. The fourth-order valence-corrected chi connectivity index (χ4v) is 4.77. The quantitative estimate of drug-likeness (QED) is 0.360. The Hall–Kier alpha value is -3.40. The van der Waals surface area contributed by atoms with Gasteiger partial charge in [0.2, 0.25) is 11.8 Å². The summed E-state index contributed by atoms with van der Waals surface area (Å²) in [7, 11) is 0. The Morgan fingerprint density at radius 2 is 1.74 bits per heavy atom. The average molecular weight is 531 g/mol. The van der Waals surface area contributed by atoms with Gasteiger partial charge in [0, 0.05) is 35.2 Å². The van der Waals surface area contributed by atoms with Crippen molar-refractivity contribution in [3.05, 3.63) is 96.4 Å². The number of amides is 2. The van der Waals surface area contributed by atoms with Crippen LogP contribution in [0.15, 0.2) is 69.6 Å². The second-order valence-corrected chi connectivity index (χ2v) is 9.40. The standard InChI is InChI=1S/C24H20Cl2N4O4S/c25-16-5-3-6-17(12-16)28-21(32)14-30-19-9-11-35-22(19)23(33)29(24(30)34)10-8-20(31)27-13-15-4-1-2-7-18(15)26/h1-7,9,11-12H,8,10,13-14H2,(H,27,31)(H,28,32). The molecule has 4 aromatic rings. The molecule has 0 saturated heterocycles. The summed E-state index contributed by atoms with van der Waals surface area (Å²) in [5.41, 5.74) is 0.450. The number of rotatable bonds is 8. The van der Waals surface area contributed by atoms with Crippen molar-refractivity contribution >= 4 is 62.3 Å². The maximum absolute atomic E-state index is 13.2. The largest absolute Gasteiger partial charge is 0.352 e. The second-order valence-electron chi connectivity index (χ2n) is 7.64. The first-order valence-electron chi connectivity index (χ1n) is 10.6. The summed E-state index contributed by atoms with van der Waals surface area (Å²) in [5.74, 6) is -0.794. The number of fused-ring (bicyclic) bond motifs is 1. The molecule has 8 nitrogen and oxygen atoms in total. The lowest BCUT2D eigenvalue weighted by Gasteiger charge is -2.13. The number of nitrogens with zero attached hydrogens (tertiary/aromatic N) is 2. The molecule has 2 N–H and O–H groups in total. The monoisotopic (exact) mass is 530 g/mol. The molecule has 0 fully saturated rings. The van der Waals surface area contributed by atoms with Crippen LogP contribution in [-0.4, -0.2) is 20.9 Å². The lowest BCUT2D eigenvalue weighted by molar-refractivity contribution is -0.121. The summed E-state index contributed by atoms with van der Waals surface area (Å²) >= 11 is 13.2. The maximum atomic E-state index is 13.2. The molecule has 0 bridgehead atoms. The van der Waals surface area contributed by atoms with Gasteiger partial charge in [-0.15, -0.1) is 11.3 Å². The Morgan fingerprint density at radius 3 is 2.51 bits per heavy atom. The van der Waals surface area contributed by atoms with E-state index in [2.05, 4.69) is 10.6 Å². The minimum Gasteiger partial charge on any atom is -0.352 e. The molecule has 4 rings (SSSR count). The smallest absolute Gasteiger partial charge is 0.332 e. The number of benzene rings is 2. The van der Waals surface area contributed by atoms with E-state index in [-0.39, 0.29) is 32.0 Å². The van der Waals surface area contributed by atoms with Crippen LogP contribution in [0, 0.1) is 0 Å². The highest BCUT2D eigenvalue weighted by atomic mass is 35.5. The molecule has 2 heterocycles. The average Bonchev–Trinajstić information content (AvgIpc) is 3.31. The van der Waals surface area contributed by atoms with E-state index in [0.717, 1.165) is 10.1 Å². The molecule has 35 heavy (non-hydrogen) atoms. The van der Waals surface area contributed by atoms with E-state index >= 15 is 0 Å². The molecule has 0 unspecified atom stereocenters. The maximum Gasteiger partial charge on any atom is 0.332 e. The highest BCUT2D eigenvalue weighted by Crippen LogP contribution is 2.17. The Morgan fingerprint density at radius 1 is 0.943 bits per heavy atom. The van der Waals surface area contributed by atoms with Gasteiger partial charge in [0.05, 0.1) is 5.52 Å². The molecule has 180 valence electrons. The van der Waals surface area contributed by atoms with Gasteiger partial charge in [-0.1, -0.05) is 47.5 Å². The number of thiophene rings is 1. The number of carbonyl (C=O) groups is 2. The van der Waals surface area contributed by atoms with Gasteiger partial charge in [0.25, 0.3) is 5.56 Å². The van der Waals surface area contributed by atoms with Crippen LogP contribution in [0.4, 0.5) is 5.69 Å². The molecule has 0 aliphatic carbocycles. The minimum atomic E-state index is -0.666. The summed E-state index contributed by atoms with van der Waals surface area (Å²) in [6, 6.07) is 15.4. The molecule has 0 atom stereocenters. The lowest BCUT2D eigenvalue weighted by atomic mass is 10.2. The van der Waals surface area contributed by atoms with Gasteiger partial charge in [-0.2, -0.15) is 0 Å². The third kappa shape index (κ3) is 5.82. The van der Waals surface area contributed by atoms with Crippen LogP contribution in [-0.2, 0) is 29.2 Å². The molecular formula is C24H20Cl2N4O4S. The molecular weight excluding hydrogens is 511 g/mol. The van der Waals surface area contributed by atoms with Gasteiger partial charge >= 0.3 is 5.69 Å². The molecule has 0 aliphatic rings. The highest BCUT2D eigenvalue weighted by molar-refractivity contribution is 7.17. The van der Waals surface area contributed by atoms with Crippen molar-refractivity contribution in [2.75, 3.05) is 5.32 Å². The van der Waals surface area contributed by atoms with Gasteiger partial charge in [-0.25, -0.2) is 4.79 Å². The van der Waals surface area contributed by atoms with Crippen LogP contribution in [0.2, 0.25) is 10.0 Å². The predicted molar refractivity (Wildman–Crippen MR) is 138 cm³/mol. The molecule has 0 spiro atoms. The summed E-state index contributed by atoms with van der Waals surface area (Å²) in [4.78, 5) is 51.1. The van der Waals surface area contributed by atoms with Gasteiger partial charge in [-0.3, -0.25) is 23.5 Å². The zero-order chi connectivity index (χ0) is 24.9. The van der Waals surface area contributed by atoms with Crippen molar-refractivity contribution in [3.63, 3.8) is 0 Å². The van der Waals surface area contributed by atoms with E-state index < -0.39 is 17.2 Å². The van der Waals surface area contributed by atoms with Gasteiger partial charge < -0.3 is 10.6 Å². The molecule has 2 amide bonds. The first kappa shape index (κ1) is 24.7. The van der Waals surface area contributed by atoms with E-state index in [1.54, 1.807) is 53.9 Å². The second kappa shape index (κ2) is 10.9. The van der Waals surface area contributed by atoms with Gasteiger partial charge in [-0.05, 0) is 41.3 Å². The fourth-order valence-electron chi connectivity index (χ4n) is 3.53. The van der Waals surface area contributed by atoms with Crippen molar-refractivity contribution in [2.24, 2.45) is 0 Å². The zero-order valence-corrected chi connectivity index (χ0v) is 20.6. The van der Waals surface area contributed by atoms with Crippen LogP contribution in [0.1, 0.15) is 12.0 Å². The van der Waals surface area contributed by atoms with Crippen LogP contribution >= 0.6 is 34.5 Å². The SMILES string of the molecule is O=C(CCn1c(=O)c2sccc2n(CC(=O)Nc2cccc(Cl)c2)c1=O)NCc1ccccc1Cl. The number of anilines is 1. The van der Waals surface area contributed by atoms with Gasteiger partial charge in [0.1, 0.15) is 11.2 Å². The molecule has 0 saturated carbocycles. The number of hydrogen-bond acceptors (Lipinski definition) is 5. The van der Waals surface area contributed by atoms with Crippen LogP contribution in [0.3, 0.4) is 0 Å². The predicted octanol–water partition coefficient (Wildman–Crippen LogP) is 3.88. The molecule has 2 aromatic heterocycles. The van der Waals surface area contributed by atoms with E-state index in [4.69, 9.17) is 23.2 Å². The third-order valence-corrected chi connectivity index (χ3v) is 6.74. The molecule has 11 heteroatoms. The first-order chi connectivity index (χ1) is 16.8. The fraction of sp³-hybridized carbons (Fsp3) is 0.167. The van der Waals surface area contributed by atoms with Crippen LogP contribution in [0.5, 0.6) is 0 Å². The van der Waals surface area contributed by atoms with Crippen molar-refractivity contribution in [1.82, 2.24) is 14.5 Å². The first-order valence-corrected chi connectivity index (χ1v) is 12.2. The zero-order valence-electron chi connectivity index (χ0n) is 18.3. The minimum absolute atomic E-state index is 0.0921. The van der Waals surface area contributed by atoms with Crippen molar-refractivity contribution in [3.8, 4) is 0 Å². The summed E-state index contributed by atoms with van der Waals surface area (Å²) in [6.45, 7) is -0.210.